The molecule has 3 atom stereocenters. The van der Waals surface area contributed by atoms with E-state index in [1.807, 2.05) is 0 Å². The molecule has 14 heteroatoms. The molecular weight excluding hydrogens is 554 g/mol. The average Bonchev–Trinajstić information content (AvgIpc) is 3.57. The van der Waals surface area contributed by atoms with E-state index >= 15 is 0 Å². The number of hydrogen-bond acceptors (Lipinski definition) is 8. The molecular formula is C26H32ClN9O3S. The summed E-state index contributed by atoms with van der Waals surface area (Å²) in [5.74, 6) is -1.13. The van der Waals surface area contributed by atoms with Crippen LogP contribution in [-0.4, -0.2) is 70.8 Å². The van der Waals surface area contributed by atoms with Gasteiger partial charge in [-0.1, -0.05) is 11.6 Å². The Labute approximate surface area is 240 Å². The molecule has 3 amide bonds. The van der Waals surface area contributed by atoms with Gasteiger partial charge in [-0.25, -0.2) is 4.98 Å². The van der Waals surface area contributed by atoms with Crippen LogP contribution in [0.4, 0.5) is 0 Å². The zero-order chi connectivity index (χ0) is 28.8. The summed E-state index contributed by atoms with van der Waals surface area (Å²) in [6.07, 6.45) is 3.76. The van der Waals surface area contributed by atoms with Gasteiger partial charge in [-0.3, -0.25) is 24.8 Å². The molecule has 0 spiro atoms. The molecule has 0 saturated carbocycles. The Hall–Kier alpha value is -3.81. The van der Waals surface area contributed by atoms with E-state index in [2.05, 4.69) is 25.9 Å². The lowest BCUT2D eigenvalue weighted by Crippen LogP contribution is -2.45. The van der Waals surface area contributed by atoms with E-state index in [0.29, 0.717) is 54.4 Å². The first kappa shape index (κ1) is 29.2. The Morgan fingerprint density at radius 3 is 2.83 bits per heavy atom. The van der Waals surface area contributed by atoms with E-state index in [1.54, 1.807) is 34.5 Å². The number of fused-ring (bicyclic) bond motifs is 1. The average molecular weight is 586 g/mol. The van der Waals surface area contributed by atoms with E-state index in [9.17, 15) is 14.4 Å². The van der Waals surface area contributed by atoms with Crippen molar-refractivity contribution in [3.63, 3.8) is 0 Å². The van der Waals surface area contributed by atoms with Crippen LogP contribution in [0.1, 0.15) is 57.6 Å². The third kappa shape index (κ3) is 7.03. The molecule has 1 unspecified atom stereocenters. The number of hydrogen-bond donors (Lipinski definition) is 6. The van der Waals surface area contributed by atoms with Gasteiger partial charge >= 0.3 is 0 Å². The van der Waals surface area contributed by atoms with Crippen LogP contribution in [-0.2, 0) is 4.79 Å². The second-order valence-electron chi connectivity index (χ2n) is 9.58. The number of guanidine groups is 1. The molecule has 1 fully saturated rings. The highest BCUT2D eigenvalue weighted by atomic mass is 35.5. The summed E-state index contributed by atoms with van der Waals surface area (Å²) < 4.78 is 0. The molecule has 8 N–H and O–H groups in total. The van der Waals surface area contributed by atoms with Gasteiger partial charge in [-0.2, -0.15) is 0 Å². The number of likely N-dealkylation sites (N-methyl/N-ethyl adjacent to an activating group) is 1. The number of unbranched alkanes of at least 4 members (excludes halogenated alkanes) is 1. The maximum atomic E-state index is 13.5. The van der Waals surface area contributed by atoms with Crippen molar-refractivity contribution in [1.29, 1.82) is 5.41 Å². The smallest absolute Gasteiger partial charge is 0.271 e. The first-order valence-electron chi connectivity index (χ1n) is 12.8. The van der Waals surface area contributed by atoms with Crippen molar-refractivity contribution in [1.82, 2.24) is 30.8 Å². The number of amides is 3. The summed E-state index contributed by atoms with van der Waals surface area (Å²) in [4.78, 5) is 49.5. The Balaban J connectivity index is 1.45. The Morgan fingerprint density at radius 2 is 2.08 bits per heavy atom. The fourth-order valence-electron chi connectivity index (χ4n) is 4.63. The Bertz CT molecular complexity index is 1420. The largest absolute Gasteiger partial charge is 0.370 e. The number of thiazole rings is 1. The van der Waals surface area contributed by atoms with Crippen molar-refractivity contribution in [2.45, 2.75) is 43.8 Å². The third-order valence-corrected chi connectivity index (χ3v) is 7.81. The van der Waals surface area contributed by atoms with Crippen LogP contribution in [0, 0.1) is 5.41 Å². The predicted octanol–water partition coefficient (Wildman–Crippen LogP) is 1.76. The number of carbonyl (C=O) groups excluding carboxylic acids is 3. The first-order chi connectivity index (χ1) is 19.2. The van der Waals surface area contributed by atoms with Crippen molar-refractivity contribution < 1.29 is 14.4 Å². The van der Waals surface area contributed by atoms with E-state index in [-0.39, 0.29) is 29.5 Å². The number of likely N-dealkylation sites (tertiary alicyclic amines) is 1. The minimum absolute atomic E-state index is 0.113. The SMILES string of the molecule is CNC(=O)C(CCCCNC(=N)N)NC(=O)c1csc([C@@H]2C[C@@H](N)CN2C(=O)c2cnc3ccc(Cl)cc3c2)n1. The molecule has 0 bridgehead atoms. The number of nitrogens with one attached hydrogen (secondary N) is 4. The maximum absolute atomic E-state index is 13.5. The van der Waals surface area contributed by atoms with Gasteiger partial charge < -0.3 is 32.3 Å². The number of aromatic nitrogens is 2. The monoisotopic (exact) mass is 585 g/mol. The van der Waals surface area contributed by atoms with Crippen LogP contribution in [0.25, 0.3) is 10.9 Å². The van der Waals surface area contributed by atoms with E-state index in [1.165, 1.54) is 24.6 Å². The lowest BCUT2D eigenvalue weighted by atomic mass is 10.1. The van der Waals surface area contributed by atoms with E-state index in [4.69, 9.17) is 28.5 Å². The van der Waals surface area contributed by atoms with Crippen molar-refractivity contribution in [2.75, 3.05) is 20.1 Å². The van der Waals surface area contributed by atoms with Gasteiger partial charge in [-0.15, -0.1) is 11.3 Å². The number of benzene rings is 1. The van der Waals surface area contributed by atoms with Crippen LogP contribution in [0.5, 0.6) is 0 Å². The topological polar surface area (TPSA) is 192 Å². The zero-order valence-corrected chi connectivity index (χ0v) is 23.5. The van der Waals surface area contributed by atoms with Crippen LogP contribution < -0.4 is 27.4 Å². The van der Waals surface area contributed by atoms with Crippen molar-refractivity contribution in [2.24, 2.45) is 11.5 Å². The number of pyridine rings is 1. The quantitative estimate of drug-likeness (QED) is 0.118. The third-order valence-electron chi connectivity index (χ3n) is 6.63. The highest BCUT2D eigenvalue weighted by molar-refractivity contribution is 7.09. The Kier molecular flexibility index (Phi) is 9.50. The molecule has 1 aliphatic heterocycles. The van der Waals surface area contributed by atoms with Gasteiger partial charge in [0.05, 0.1) is 17.1 Å². The van der Waals surface area contributed by atoms with Crippen molar-refractivity contribution in [3.8, 4) is 0 Å². The molecule has 1 saturated heterocycles. The maximum Gasteiger partial charge on any atom is 0.271 e. The summed E-state index contributed by atoms with van der Waals surface area (Å²) in [6, 6.07) is 5.67. The summed E-state index contributed by atoms with van der Waals surface area (Å²) in [5.41, 5.74) is 12.8. The summed E-state index contributed by atoms with van der Waals surface area (Å²) in [5, 5.41) is 18.8. The molecule has 40 heavy (non-hydrogen) atoms. The van der Waals surface area contributed by atoms with Gasteiger partial charge in [0.25, 0.3) is 11.8 Å². The van der Waals surface area contributed by atoms with Crippen molar-refractivity contribution in [3.05, 3.63) is 57.1 Å². The first-order valence-corrected chi connectivity index (χ1v) is 14.1. The number of halogens is 1. The predicted molar refractivity (Wildman–Crippen MR) is 154 cm³/mol. The fraction of sp³-hybridized carbons (Fsp3) is 0.385. The lowest BCUT2D eigenvalue weighted by Gasteiger charge is -2.23. The normalized spacial score (nSPS) is 17.4. The van der Waals surface area contributed by atoms with Crippen LogP contribution in [0.15, 0.2) is 35.8 Å². The van der Waals surface area contributed by atoms with E-state index < -0.39 is 18.0 Å². The summed E-state index contributed by atoms with van der Waals surface area (Å²) >= 11 is 7.39. The molecule has 4 rings (SSSR count). The zero-order valence-electron chi connectivity index (χ0n) is 21.9. The number of nitrogens with two attached hydrogens (primary N) is 2. The molecule has 0 radical (unpaired) electrons. The van der Waals surface area contributed by atoms with Gasteiger partial charge in [0, 0.05) is 48.2 Å². The molecule has 12 nitrogen and oxygen atoms in total. The van der Waals surface area contributed by atoms with Gasteiger partial charge in [-0.05, 0) is 49.9 Å². The second kappa shape index (κ2) is 13.0. The molecule has 1 aromatic carbocycles. The lowest BCUT2D eigenvalue weighted by molar-refractivity contribution is -0.122. The second-order valence-corrected chi connectivity index (χ2v) is 10.9. The summed E-state index contributed by atoms with van der Waals surface area (Å²) in [6.45, 7) is 0.844. The molecule has 3 heterocycles. The number of nitrogens with zero attached hydrogens (tertiary/aromatic N) is 3. The van der Waals surface area contributed by atoms with Crippen LogP contribution in [0.3, 0.4) is 0 Å². The fourth-order valence-corrected chi connectivity index (χ4v) is 5.73. The molecule has 212 valence electrons. The van der Waals surface area contributed by atoms with Crippen LogP contribution >= 0.6 is 22.9 Å². The standard InChI is InChI=1S/C26H32ClN9O3S/c1-31-22(37)19(4-2-3-7-32-26(29)30)34-23(38)20-13-40-24(35-20)21-10-17(28)12-36(21)25(39)15-8-14-9-16(27)5-6-18(14)33-11-15/h5-6,8-9,11,13,17,19,21H,2-4,7,10,12,28H2,1H3,(H,31,37)(H,34,38)(H4,29,30,32)/t17-,19?,21+/m1/s1. The highest BCUT2D eigenvalue weighted by Crippen LogP contribution is 2.35. The summed E-state index contributed by atoms with van der Waals surface area (Å²) in [7, 11) is 1.51. The molecule has 0 aliphatic carbocycles. The Morgan fingerprint density at radius 1 is 1.27 bits per heavy atom. The molecule has 2 aromatic heterocycles. The number of rotatable bonds is 10. The molecule has 3 aromatic rings. The molecule has 1 aliphatic rings. The van der Waals surface area contributed by atoms with Gasteiger partial charge in [0.15, 0.2) is 5.96 Å². The minimum Gasteiger partial charge on any atom is -0.370 e. The van der Waals surface area contributed by atoms with Gasteiger partial charge in [0.2, 0.25) is 5.91 Å². The van der Waals surface area contributed by atoms with E-state index in [0.717, 1.165) is 10.9 Å². The van der Waals surface area contributed by atoms with Gasteiger partial charge in [0.1, 0.15) is 16.7 Å². The number of carbonyl (C=O) groups is 3. The van der Waals surface area contributed by atoms with Crippen LogP contribution in [0.2, 0.25) is 5.02 Å². The minimum atomic E-state index is -0.744. The van der Waals surface area contributed by atoms with Crippen molar-refractivity contribution >= 4 is 57.5 Å². The highest BCUT2D eigenvalue weighted by Gasteiger charge is 2.37.